The number of aliphatic carboxylic acids is 1. The van der Waals surface area contributed by atoms with E-state index in [2.05, 4.69) is 0 Å². The van der Waals surface area contributed by atoms with Crippen LogP contribution >= 0.6 is 0 Å². The normalized spacial score (nSPS) is 15.7. The SMILES string of the molecule is CN1CCN(Cc2ccccc2CC(=O)O)C(=O)C1=O. The summed E-state index contributed by atoms with van der Waals surface area (Å²) >= 11 is 0. The topological polar surface area (TPSA) is 77.9 Å². The number of carboxylic acid groups (broad SMARTS) is 1. The van der Waals surface area contributed by atoms with Crippen LogP contribution in [0.25, 0.3) is 0 Å². The number of piperazine rings is 1. The lowest BCUT2D eigenvalue weighted by Crippen LogP contribution is -2.52. The first-order valence-electron chi connectivity index (χ1n) is 6.32. The molecule has 0 saturated carbocycles. The van der Waals surface area contributed by atoms with Crippen molar-refractivity contribution in [1.29, 1.82) is 0 Å². The molecule has 0 atom stereocenters. The molecule has 1 N–H and O–H groups in total. The van der Waals surface area contributed by atoms with Gasteiger partial charge in [0.25, 0.3) is 0 Å². The number of rotatable bonds is 4. The van der Waals surface area contributed by atoms with E-state index in [9.17, 15) is 14.4 Å². The van der Waals surface area contributed by atoms with E-state index in [1.165, 1.54) is 9.80 Å². The molecule has 106 valence electrons. The minimum atomic E-state index is -0.918. The Morgan fingerprint density at radius 2 is 1.80 bits per heavy atom. The van der Waals surface area contributed by atoms with Gasteiger partial charge in [-0.1, -0.05) is 24.3 Å². The number of benzene rings is 1. The van der Waals surface area contributed by atoms with Gasteiger partial charge in [-0.25, -0.2) is 0 Å². The summed E-state index contributed by atoms with van der Waals surface area (Å²) in [6, 6.07) is 7.07. The summed E-state index contributed by atoms with van der Waals surface area (Å²) in [6.45, 7) is 1.22. The van der Waals surface area contributed by atoms with Crippen LogP contribution < -0.4 is 0 Å². The monoisotopic (exact) mass is 276 g/mol. The average molecular weight is 276 g/mol. The average Bonchev–Trinajstić information content (AvgIpc) is 2.41. The minimum absolute atomic E-state index is 0.0912. The van der Waals surface area contributed by atoms with Crippen molar-refractivity contribution in [3.05, 3.63) is 35.4 Å². The number of carboxylic acids is 1. The number of nitrogens with zero attached hydrogens (tertiary/aromatic N) is 2. The Bertz CT molecular complexity index is 556. The number of carbonyl (C=O) groups excluding carboxylic acids is 2. The molecule has 0 spiro atoms. The van der Waals surface area contributed by atoms with Crippen molar-refractivity contribution in [1.82, 2.24) is 9.80 Å². The smallest absolute Gasteiger partial charge is 0.312 e. The third-order valence-corrected chi connectivity index (χ3v) is 3.34. The fourth-order valence-electron chi connectivity index (χ4n) is 2.18. The summed E-state index contributed by atoms with van der Waals surface area (Å²) in [6.07, 6.45) is -0.0912. The molecule has 0 radical (unpaired) electrons. The third kappa shape index (κ3) is 2.96. The Kier molecular flexibility index (Phi) is 4.02. The van der Waals surface area contributed by atoms with E-state index < -0.39 is 17.8 Å². The second-order valence-corrected chi connectivity index (χ2v) is 4.79. The van der Waals surface area contributed by atoms with Crippen LogP contribution in [0.3, 0.4) is 0 Å². The molecule has 20 heavy (non-hydrogen) atoms. The van der Waals surface area contributed by atoms with Crippen LogP contribution in [0, 0.1) is 0 Å². The quantitative estimate of drug-likeness (QED) is 0.792. The summed E-state index contributed by atoms with van der Waals surface area (Å²) < 4.78 is 0. The maximum Gasteiger partial charge on any atom is 0.312 e. The molecule has 1 aliphatic heterocycles. The van der Waals surface area contributed by atoms with Gasteiger partial charge < -0.3 is 14.9 Å². The molecule has 2 rings (SSSR count). The van der Waals surface area contributed by atoms with Crippen LogP contribution in [0.4, 0.5) is 0 Å². The Morgan fingerprint density at radius 1 is 1.15 bits per heavy atom. The highest BCUT2D eigenvalue weighted by atomic mass is 16.4. The van der Waals surface area contributed by atoms with E-state index in [0.29, 0.717) is 18.7 Å². The van der Waals surface area contributed by atoms with Gasteiger partial charge in [0, 0.05) is 26.7 Å². The maximum absolute atomic E-state index is 11.9. The lowest BCUT2D eigenvalue weighted by molar-refractivity contribution is -0.155. The van der Waals surface area contributed by atoms with E-state index in [-0.39, 0.29) is 13.0 Å². The van der Waals surface area contributed by atoms with Gasteiger partial charge in [0.05, 0.1) is 6.42 Å². The number of hydrogen-bond donors (Lipinski definition) is 1. The van der Waals surface area contributed by atoms with Crippen molar-refractivity contribution in [3.8, 4) is 0 Å². The predicted molar refractivity (Wildman–Crippen MR) is 70.8 cm³/mol. The van der Waals surface area contributed by atoms with Crippen LogP contribution in [-0.4, -0.2) is 52.8 Å². The van der Waals surface area contributed by atoms with Crippen molar-refractivity contribution in [2.75, 3.05) is 20.1 Å². The van der Waals surface area contributed by atoms with Gasteiger partial charge in [0.1, 0.15) is 0 Å². The molecule has 0 bridgehead atoms. The van der Waals surface area contributed by atoms with Crippen LogP contribution in [0.5, 0.6) is 0 Å². The second-order valence-electron chi connectivity index (χ2n) is 4.79. The van der Waals surface area contributed by atoms with Crippen LogP contribution in [0.2, 0.25) is 0 Å². The van der Waals surface area contributed by atoms with Crippen LogP contribution in [0.1, 0.15) is 11.1 Å². The van der Waals surface area contributed by atoms with E-state index >= 15 is 0 Å². The van der Waals surface area contributed by atoms with E-state index in [1.807, 2.05) is 0 Å². The highest BCUT2D eigenvalue weighted by Gasteiger charge is 2.30. The molecular weight excluding hydrogens is 260 g/mol. The van der Waals surface area contributed by atoms with Gasteiger partial charge in [-0.3, -0.25) is 14.4 Å². The van der Waals surface area contributed by atoms with Gasteiger partial charge in [-0.2, -0.15) is 0 Å². The van der Waals surface area contributed by atoms with Gasteiger partial charge in [-0.15, -0.1) is 0 Å². The molecule has 6 nitrogen and oxygen atoms in total. The summed E-state index contributed by atoms with van der Waals surface area (Å²) in [5.41, 5.74) is 1.43. The van der Waals surface area contributed by atoms with Crippen molar-refractivity contribution in [2.45, 2.75) is 13.0 Å². The molecule has 0 aromatic heterocycles. The molecule has 0 unspecified atom stereocenters. The first kappa shape index (κ1) is 14.0. The Labute approximate surface area is 116 Å². The van der Waals surface area contributed by atoms with Crippen molar-refractivity contribution >= 4 is 17.8 Å². The summed E-state index contributed by atoms with van der Waals surface area (Å²) in [5, 5.41) is 8.88. The molecule has 1 heterocycles. The van der Waals surface area contributed by atoms with E-state index in [0.717, 1.165) is 5.56 Å². The Balaban J connectivity index is 2.16. The number of hydrogen-bond acceptors (Lipinski definition) is 3. The molecule has 1 aliphatic rings. The third-order valence-electron chi connectivity index (χ3n) is 3.34. The summed E-state index contributed by atoms with van der Waals surface area (Å²) in [4.78, 5) is 37.2. The minimum Gasteiger partial charge on any atom is -0.481 e. The molecule has 2 amide bonds. The molecule has 1 aromatic carbocycles. The highest BCUT2D eigenvalue weighted by Crippen LogP contribution is 2.15. The van der Waals surface area contributed by atoms with Crippen molar-refractivity contribution < 1.29 is 19.5 Å². The first-order valence-corrected chi connectivity index (χ1v) is 6.32. The zero-order chi connectivity index (χ0) is 14.7. The Hall–Kier alpha value is -2.37. The Morgan fingerprint density at radius 3 is 2.45 bits per heavy atom. The van der Waals surface area contributed by atoms with Crippen molar-refractivity contribution in [2.24, 2.45) is 0 Å². The largest absolute Gasteiger partial charge is 0.481 e. The van der Waals surface area contributed by atoms with Gasteiger partial charge >= 0.3 is 17.8 Å². The lowest BCUT2D eigenvalue weighted by Gasteiger charge is -2.31. The standard InChI is InChI=1S/C14H16N2O4/c1-15-6-7-16(14(20)13(15)19)9-11-5-3-2-4-10(11)8-12(17)18/h2-5H,6-9H2,1H3,(H,17,18). The number of likely N-dealkylation sites (N-methyl/N-ethyl adjacent to an activating group) is 1. The zero-order valence-corrected chi connectivity index (χ0v) is 11.2. The van der Waals surface area contributed by atoms with Crippen LogP contribution in [0.15, 0.2) is 24.3 Å². The molecule has 6 heteroatoms. The van der Waals surface area contributed by atoms with E-state index in [4.69, 9.17) is 5.11 Å². The van der Waals surface area contributed by atoms with Crippen LogP contribution in [-0.2, 0) is 27.3 Å². The van der Waals surface area contributed by atoms with Crippen molar-refractivity contribution in [3.63, 3.8) is 0 Å². The molecule has 1 fully saturated rings. The van der Waals surface area contributed by atoms with Gasteiger partial charge in [0.15, 0.2) is 0 Å². The second kappa shape index (κ2) is 5.73. The van der Waals surface area contributed by atoms with E-state index in [1.54, 1.807) is 31.3 Å². The summed E-state index contributed by atoms with van der Waals surface area (Å²) in [5.74, 6) is -1.98. The fraction of sp³-hybridized carbons (Fsp3) is 0.357. The highest BCUT2D eigenvalue weighted by molar-refractivity contribution is 6.35. The number of amides is 2. The fourth-order valence-corrected chi connectivity index (χ4v) is 2.18. The molecule has 1 saturated heterocycles. The number of carbonyl (C=O) groups is 3. The molecule has 1 aromatic rings. The maximum atomic E-state index is 11.9. The summed E-state index contributed by atoms with van der Waals surface area (Å²) in [7, 11) is 1.59. The predicted octanol–water partition coefficient (Wildman–Crippen LogP) is 0.114. The van der Waals surface area contributed by atoms with Gasteiger partial charge in [0.2, 0.25) is 0 Å². The zero-order valence-electron chi connectivity index (χ0n) is 11.2. The lowest BCUT2D eigenvalue weighted by atomic mass is 10.0. The van der Waals surface area contributed by atoms with Gasteiger partial charge in [-0.05, 0) is 11.1 Å². The molecule has 0 aliphatic carbocycles. The molecular formula is C14H16N2O4. The first-order chi connectivity index (χ1) is 9.49.